The molecule has 7 atom stereocenters. The van der Waals surface area contributed by atoms with Gasteiger partial charge in [0.2, 0.25) is 0 Å². The first kappa shape index (κ1) is 48.3. The first-order valence-electron chi connectivity index (χ1n) is 21.4. The lowest BCUT2D eigenvalue weighted by Gasteiger charge is -2.39. The first-order chi connectivity index (χ1) is 30.7. The third kappa shape index (κ3) is 10.5. The Hall–Kier alpha value is -4.62. The summed E-state index contributed by atoms with van der Waals surface area (Å²) < 4.78 is 55.2. The average Bonchev–Trinajstić information content (AvgIpc) is 3.85. The van der Waals surface area contributed by atoms with Gasteiger partial charge in [-0.05, 0) is 72.2 Å². The number of ether oxygens (including phenoxy) is 4. The van der Waals surface area contributed by atoms with Gasteiger partial charge in [-0.25, -0.2) is 14.2 Å². The Bertz CT molecular complexity index is 2700. The molecule has 19 heteroatoms. The van der Waals surface area contributed by atoms with Gasteiger partial charge in [0.1, 0.15) is 29.9 Å². The third-order valence-electron chi connectivity index (χ3n) is 12.5. The van der Waals surface area contributed by atoms with Crippen molar-refractivity contribution in [3.05, 3.63) is 167 Å². The average molecular weight is 949 g/mol. The van der Waals surface area contributed by atoms with E-state index in [9.17, 15) is 28.6 Å². The van der Waals surface area contributed by atoms with E-state index >= 15 is 0 Å². The van der Waals surface area contributed by atoms with E-state index in [-0.39, 0.29) is 36.7 Å². The second-order valence-corrected chi connectivity index (χ2v) is 26.7. The van der Waals surface area contributed by atoms with Crippen molar-refractivity contribution < 1.29 is 37.4 Å². The molecule has 0 saturated carbocycles. The van der Waals surface area contributed by atoms with Crippen LogP contribution in [0.3, 0.4) is 0 Å². The smallest absolute Gasteiger partial charge is 0.387 e. The number of H-pyrrole nitrogens is 2. The predicted octanol–water partition coefficient (Wildman–Crippen LogP) is 6.91. The highest BCUT2D eigenvalue weighted by Crippen LogP contribution is 2.61. The van der Waals surface area contributed by atoms with Gasteiger partial charge in [-0.15, -0.1) is 0 Å². The summed E-state index contributed by atoms with van der Waals surface area (Å²) in [7, 11) is -0.857. The van der Waals surface area contributed by atoms with Gasteiger partial charge in [0.05, 0.1) is 32.5 Å². The summed E-state index contributed by atoms with van der Waals surface area (Å²) in [5, 5.41) is -0.979. The van der Waals surface area contributed by atoms with E-state index in [4.69, 9.17) is 27.9 Å². The van der Waals surface area contributed by atoms with Gasteiger partial charge in [0.15, 0.2) is 8.32 Å². The molecule has 2 saturated heterocycles. The van der Waals surface area contributed by atoms with Gasteiger partial charge in [-0.1, -0.05) is 93.6 Å². The van der Waals surface area contributed by atoms with Crippen LogP contribution >= 0.6 is 18.2 Å². The summed E-state index contributed by atoms with van der Waals surface area (Å²) in [5.41, 5.74) is -0.616. The molecule has 3 N–H and O–H groups in total. The monoisotopic (exact) mass is 948 g/mol. The van der Waals surface area contributed by atoms with Crippen molar-refractivity contribution in [2.75, 3.05) is 20.3 Å². The third-order valence-corrected chi connectivity index (χ3v) is 20.5. The maximum absolute atomic E-state index is 14.3. The number of nitrogens with zero attached hydrogens (tertiary/aromatic N) is 2. The second kappa shape index (κ2) is 19.3. The van der Waals surface area contributed by atoms with Crippen LogP contribution in [0.2, 0.25) is 18.1 Å². The number of hydrogen-bond acceptors (Lipinski definition) is 12. The van der Waals surface area contributed by atoms with Crippen molar-refractivity contribution in [3.8, 4) is 5.75 Å². The van der Waals surface area contributed by atoms with Crippen molar-refractivity contribution in [2.24, 2.45) is 0 Å². The van der Waals surface area contributed by atoms with Crippen LogP contribution in [0.4, 0.5) is 0 Å². The molecule has 16 nitrogen and oxygen atoms in total. The SMILES string of the molecule is COc1ccc(C(OC[C@H]2O[C@@H](n3cc(C)c(=O)[nH]c3=O)C[C@@H]2SP(=O)(O)OC[C@H]2O[C@@H](n3cc(C)c(=O)[nH]c3=O)C[C@@H]2O[Si](C)(C)C(C)(C)C)(c2ccccc2)c2ccccc2)cc1. The van der Waals surface area contributed by atoms with Gasteiger partial charge in [0.25, 0.3) is 11.1 Å². The van der Waals surface area contributed by atoms with E-state index in [1.54, 1.807) is 21.0 Å². The number of aryl methyl sites for hydroxylation is 2. The Morgan fingerprint density at radius 1 is 0.754 bits per heavy atom. The number of methoxy groups -OCH3 is 1. The van der Waals surface area contributed by atoms with Crippen LogP contribution in [0.25, 0.3) is 0 Å². The largest absolute Gasteiger partial charge is 0.497 e. The molecular weight excluding hydrogens is 892 g/mol. The molecule has 348 valence electrons. The minimum atomic E-state index is -4.57. The van der Waals surface area contributed by atoms with Crippen molar-refractivity contribution in [1.82, 2.24) is 19.1 Å². The first-order valence-corrected chi connectivity index (χ1v) is 27.4. The molecule has 4 heterocycles. The van der Waals surface area contributed by atoms with Crippen molar-refractivity contribution in [1.29, 1.82) is 0 Å². The molecule has 0 radical (unpaired) electrons. The lowest BCUT2D eigenvalue weighted by atomic mass is 9.80. The van der Waals surface area contributed by atoms with E-state index < -0.39 is 79.2 Å². The Balaban J connectivity index is 1.20. The van der Waals surface area contributed by atoms with Gasteiger partial charge in [0, 0.05) is 41.6 Å². The standard InChI is InChI=1S/C46H57N4O12PSSi/c1-29-25-49(43(53)47-41(29)51)39-23-35(62-65(7,8)45(3,4)5)36(60-39)28-59-63(55,56)64-38-24-40(50-26-30(2)42(52)48-44(50)54)61-37(38)27-58-46(31-15-11-9-12-16-31,32-17-13-10-14-18-32)33-19-21-34(57-6)22-20-33/h9-22,25-26,35-40H,23-24,27-28H2,1-8H3,(H,55,56)(H,47,51,53)(H,48,52,54)/t35-,36+,37+,38-,39+,40+/m0/s1. The number of rotatable bonds is 16. The van der Waals surface area contributed by atoms with Crippen LogP contribution < -0.4 is 27.2 Å². The zero-order chi connectivity index (χ0) is 46.9. The fraction of sp³-hybridized carbons (Fsp3) is 0.435. The summed E-state index contributed by atoms with van der Waals surface area (Å²) in [6.45, 7) is 8.52. The summed E-state index contributed by atoms with van der Waals surface area (Å²) in [6.07, 6.45) is -1.06. The van der Waals surface area contributed by atoms with Crippen LogP contribution in [-0.4, -0.2) is 76.2 Å². The van der Waals surface area contributed by atoms with Gasteiger partial charge >= 0.3 is 18.2 Å². The van der Waals surface area contributed by atoms with E-state index in [0.717, 1.165) is 16.7 Å². The fourth-order valence-electron chi connectivity index (χ4n) is 7.93. The zero-order valence-corrected chi connectivity index (χ0v) is 40.4. The molecule has 7 rings (SSSR count). The Morgan fingerprint density at radius 2 is 1.25 bits per heavy atom. The second-order valence-electron chi connectivity index (χ2n) is 18.0. The van der Waals surface area contributed by atoms with E-state index in [1.165, 1.54) is 21.5 Å². The molecule has 2 aliphatic rings. The molecule has 65 heavy (non-hydrogen) atoms. The molecule has 0 aliphatic carbocycles. The topological polar surface area (TPSA) is 202 Å². The van der Waals surface area contributed by atoms with E-state index in [1.807, 2.05) is 84.9 Å². The summed E-state index contributed by atoms with van der Waals surface area (Å²) in [5.74, 6) is 0.652. The minimum absolute atomic E-state index is 0.0673. The van der Waals surface area contributed by atoms with E-state index in [0.29, 0.717) is 22.7 Å². The summed E-state index contributed by atoms with van der Waals surface area (Å²) in [6, 6.07) is 26.9. The van der Waals surface area contributed by atoms with Gasteiger partial charge in [-0.2, -0.15) is 0 Å². The van der Waals surface area contributed by atoms with Gasteiger partial charge in [-0.3, -0.25) is 33.2 Å². The molecule has 2 aromatic heterocycles. The minimum Gasteiger partial charge on any atom is -0.497 e. The van der Waals surface area contributed by atoms with Crippen LogP contribution in [0.5, 0.6) is 5.75 Å². The Labute approximate surface area is 381 Å². The van der Waals surface area contributed by atoms with Crippen molar-refractivity contribution in [2.45, 2.75) is 107 Å². The van der Waals surface area contributed by atoms with Crippen LogP contribution in [0.1, 0.15) is 73.9 Å². The molecule has 2 aliphatic heterocycles. The molecule has 3 aromatic carbocycles. The fourth-order valence-corrected chi connectivity index (χ4v) is 12.6. The molecule has 1 unspecified atom stereocenters. The molecular formula is C46H57N4O12PSSi. The van der Waals surface area contributed by atoms with Crippen molar-refractivity contribution >= 4 is 26.5 Å². The van der Waals surface area contributed by atoms with Gasteiger partial charge < -0.3 is 28.3 Å². The van der Waals surface area contributed by atoms with Crippen LogP contribution in [0.15, 0.2) is 117 Å². The molecule has 0 bridgehead atoms. The number of hydrogen-bond donors (Lipinski definition) is 3. The highest BCUT2D eigenvalue weighted by Gasteiger charge is 2.48. The number of aromatic amines is 2. The molecule has 0 spiro atoms. The normalized spacial score (nSPS) is 22.5. The number of aromatic nitrogens is 4. The maximum atomic E-state index is 14.3. The maximum Gasteiger partial charge on any atom is 0.387 e. The molecule has 5 aromatic rings. The van der Waals surface area contributed by atoms with Crippen LogP contribution in [0, 0.1) is 13.8 Å². The quantitative estimate of drug-likeness (QED) is 0.0524. The lowest BCUT2D eigenvalue weighted by molar-refractivity contribution is -0.0765. The zero-order valence-electron chi connectivity index (χ0n) is 37.7. The number of nitrogens with one attached hydrogen (secondary N) is 2. The molecule has 0 amide bonds. The van der Waals surface area contributed by atoms with Crippen LogP contribution in [-0.2, 0) is 33.3 Å². The van der Waals surface area contributed by atoms with E-state index in [2.05, 4.69) is 43.8 Å². The van der Waals surface area contributed by atoms with Crippen molar-refractivity contribution in [3.63, 3.8) is 0 Å². The lowest BCUT2D eigenvalue weighted by Crippen LogP contribution is -2.46. The summed E-state index contributed by atoms with van der Waals surface area (Å²) >= 11 is 0.675. The summed E-state index contributed by atoms with van der Waals surface area (Å²) in [4.78, 5) is 67.1. The Morgan fingerprint density at radius 3 is 1.75 bits per heavy atom. The number of benzene rings is 3. The Kier molecular flexibility index (Phi) is 14.4. The predicted molar refractivity (Wildman–Crippen MR) is 250 cm³/mol. The highest BCUT2D eigenvalue weighted by molar-refractivity contribution is 8.55. The highest BCUT2D eigenvalue weighted by atomic mass is 32.7. The molecule has 2 fully saturated rings.